The lowest BCUT2D eigenvalue weighted by atomic mass is 10.2. The zero-order valence-electron chi connectivity index (χ0n) is 9.26. The Kier molecular flexibility index (Phi) is 4.16. The zero-order valence-corrected chi connectivity index (χ0v) is 10.1. The largest absolute Gasteiger partial charge is 0.465 e. The van der Waals surface area contributed by atoms with Crippen LogP contribution < -0.4 is 5.32 Å². The van der Waals surface area contributed by atoms with Crippen molar-refractivity contribution in [2.45, 2.75) is 6.42 Å². The van der Waals surface area contributed by atoms with Gasteiger partial charge in [0.05, 0.1) is 6.26 Å². The van der Waals surface area contributed by atoms with E-state index in [4.69, 9.17) is 4.42 Å². The summed E-state index contributed by atoms with van der Waals surface area (Å²) in [7, 11) is 0. The third-order valence-electron chi connectivity index (χ3n) is 2.24. The highest BCUT2D eigenvalue weighted by Crippen LogP contribution is 2.05. The van der Waals surface area contributed by atoms with Crippen molar-refractivity contribution in [2.75, 3.05) is 6.54 Å². The summed E-state index contributed by atoms with van der Waals surface area (Å²) in [4.78, 5) is 11.4. The van der Waals surface area contributed by atoms with Crippen LogP contribution in [0.5, 0.6) is 0 Å². The van der Waals surface area contributed by atoms with Crippen LogP contribution in [0, 0.1) is 0 Å². The number of furan rings is 1. The van der Waals surface area contributed by atoms with Gasteiger partial charge in [-0.2, -0.15) is 11.3 Å². The van der Waals surface area contributed by atoms with E-state index in [1.165, 1.54) is 11.6 Å². The highest BCUT2D eigenvalue weighted by Gasteiger charge is 1.97. The van der Waals surface area contributed by atoms with Gasteiger partial charge >= 0.3 is 0 Å². The maximum absolute atomic E-state index is 11.4. The first-order chi connectivity index (χ1) is 8.34. The van der Waals surface area contributed by atoms with Gasteiger partial charge in [0.1, 0.15) is 5.76 Å². The molecule has 88 valence electrons. The number of amides is 1. The Morgan fingerprint density at radius 2 is 2.41 bits per heavy atom. The molecule has 0 saturated carbocycles. The number of carbonyl (C=O) groups excluding carboxylic acids is 1. The first kappa shape index (κ1) is 11.7. The van der Waals surface area contributed by atoms with Crippen LogP contribution in [-0.4, -0.2) is 12.5 Å². The maximum atomic E-state index is 11.4. The van der Waals surface area contributed by atoms with Crippen molar-refractivity contribution in [3.05, 3.63) is 52.6 Å². The van der Waals surface area contributed by atoms with E-state index in [0.29, 0.717) is 12.3 Å². The predicted molar refractivity (Wildman–Crippen MR) is 68.8 cm³/mol. The van der Waals surface area contributed by atoms with Crippen LogP contribution in [0.3, 0.4) is 0 Å². The minimum Gasteiger partial charge on any atom is -0.465 e. The molecule has 0 aliphatic carbocycles. The summed E-state index contributed by atoms with van der Waals surface area (Å²) in [5.74, 6) is 0.578. The minimum atomic E-state index is -0.100. The van der Waals surface area contributed by atoms with E-state index in [0.717, 1.165) is 6.42 Å². The highest BCUT2D eigenvalue weighted by molar-refractivity contribution is 7.07. The highest BCUT2D eigenvalue weighted by atomic mass is 32.1. The molecule has 0 aliphatic rings. The summed E-state index contributed by atoms with van der Waals surface area (Å²) in [5, 5.41) is 6.94. The second-order valence-electron chi connectivity index (χ2n) is 3.52. The summed E-state index contributed by atoms with van der Waals surface area (Å²) in [6.45, 7) is 0.651. The average molecular weight is 247 g/mol. The molecule has 2 aromatic rings. The van der Waals surface area contributed by atoms with Gasteiger partial charge in [0.15, 0.2) is 0 Å². The van der Waals surface area contributed by atoms with Crippen LogP contribution in [0.25, 0.3) is 6.08 Å². The normalized spacial score (nSPS) is 10.8. The van der Waals surface area contributed by atoms with Crippen LogP contribution in [0.15, 0.2) is 45.7 Å². The van der Waals surface area contributed by atoms with Gasteiger partial charge in [0.2, 0.25) is 5.91 Å². The second kappa shape index (κ2) is 6.06. The summed E-state index contributed by atoms with van der Waals surface area (Å²) < 4.78 is 5.08. The van der Waals surface area contributed by atoms with Gasteiger partial charge in [0, 0.05) is 12.6 Å². The number of thiophene rings is 1. The fraction of sp³-hybridized carbons (Fsp3) is 0.154. The Morgan fingerprint density at radius 1 is 1.47 bits per heavy atom. The molecule has 1 amide bonds. The SMILES string of the molecule is O=C(/C=C/c1ccco1)NCCc1ccsc1. The fourth-order valence-corrected chi connectivity index (χ4v) is 2.07. The van der Waals surface area contributed by atoms with Crippen LogP contribution >= 0.6 is 11.3 Å². The molecule has 0 fully saturated rings. The van der Waals surface area contributed by atoms with E-state index >= 15 is 0 Å². The van der Waals surface area contributed by atoms with Gasteiger partial charge < -0.3 is 9.73 Å². The van der Waals surface area contributed by atoms with Gasteiger partial charge in [-0.1, -0.05) is 0 Å². The van der Waals surface area contributed by atoms with E-state index in [1.807, 2.05) is 5.38 Å². The third kappa shape index (κ3) is 3.92. The Morgan fingerprint density at radius 3 is 3.12 bits per heavy atom. The third-order valence-corrected chi connectivity index (χ3v) is 2.97. The summed E-state index contributed by atoms with van der Waals surface area (Å²) >= 11 is 1.67. The van der Waals surface area contributed by atoms with E-state index in [2.05, 4.69) is 16.8 Å². The Balaban J connectivity index is 1.71. The molecule has 1 N–H and O–H groups in total. The molecule has 2 heterocycles. The van der Waals surface area contributed by atoms with Gasteiger partial charge in [0.25, 0.3) is 0 Å². The van der Waals surface area contributed by atoms with Crippen molar-refractivity contribution >= 4 is 23.3 Å². The van der Waals surface area contributed by atoms with Gasteiger partial charge in [-0.25, -0.2) is 0 Å². The van der Waals surface area contributed by atoms with Crippen LogP contribution in [0.4, 0.5) is 0 Å². The Bertz CT molecular complexity index is 472. The molecule has 2 aromatic heterocycles. The molecule has 0 spiro atoms. The number of rotatable bonds is 5. The monoisotopic (exact) mass is 247 g/mol. The van der Waals surface area contributed by atoms with Gasteiger partial charge in [-0.15, -0.1) is 0 Å². The van der Waals surface area contributed by atoms with Crippen molar-refractivity contribution in [1.82, 2.24) is 5.32 Å². The van der Waals surface area contributed by atoms with Crippen LogP contribution in [0.2, 0.25) is 0 Å². The molecule has 3 nitrogen and oxygen atoms in total. The molecule has 0 bridgehead atoms. The molecule has 4 heteroatoms. The quantitative estimate of drug-likeness (QED) is 0.825. The van der Waals surface area contributed by atoms with Crippen LogP contribution in [0.1, 0.15) is 11.3 Å². The Labute approximate surface area is 104 Å². The summed E-state index contributed by atoms with van der Waals surface area (Å²) in [5.41, 5.74) is 1.25. The van der Waals surface area contributed by atoms with Crippen molar-refractivity contribution in [3.63, 3.8) is 0 Å². The second-order valence-corrected chi connectivity index (χ2v) is 4.30. The number of carbonyl (C=O) groups is 1. The van der Waals surface area contributed by atoms with E-state index < -0.39 is 0 Å². The molecule has 0 aliphatic heterocycles. The molecule has 0 atom stereocenters. The lowest BCUT2D eigenvalue weighted by molar-refractivity contribution is -0.116. The first-order valence-electron chi connectivity index (χ1n) is 5.35. The number of hydrogen-bond acceptors (Lipinski definition) is 3. The van der Waals surface area contributed by atoms with E-state index in [9.17, 15) is 4.79 Å². The fourth-order valence-electron chi connectivity index (χ4n) is 1.37. The molecular weight excluding hydrogens is 234 g/mol. The van der Waals surface area contributed by atoms with Crippen molar-refractivity contribution in [2.24, 2.45) is 0 Å². The number of hydrogen-bond donors (Lipinski definition) is 1. The zero-order chi connectivity index (χ0) is 11.9. The maximum Gasteiger partial charge on any atom is 0.244 e. The van der Waals surface area contributed by atoms with Gasteiger partial charge in [-0.05, 0) is 47.0 Å². The Hall–Kier alpha value is -1.81. The molecule has 0 unspecified atom stereocenters. The van der Waals surface area contributed by atoms with E-state index in [1.54, 1.807) is 35.8 Å². The van der Waals surface area contributed by atoms with Crippen molar-refractivity contribution in [1.29, 1.82) is 0 Å². The van der Waals surface area contributed by atoms with Crippen molar-refractivity contribution < 1.29 is 9.21 Å². The lowest BCUT2D eigenvalue weighted by Crippen LogP contribution is -2.23. The first-order valence-corrected chi connectivity index (χ1v) is 6.29. The summed E-state index contributed by atoms with van der Waals surface area (Å²) in [6.07, 6.45) is 5.57. The smallest absolute Gasteiger partial charge is 0.244 e. The molecule has 2 rings (SSSR count). The standard InChI is InChI=1S/C13H13NO2S/c15-13(4-3-12-2-1-8-16-12)14-7-5-11-6-9-17-10-11/h1-4,6,8-10H,5,7H2,(H,14,15)/b4-3+. The average Bonchev–Trinajstić information content (AvgIpc) is 2.99. The lowest BCUT2D eigenvalue weighted by Gasteiger charge is -1.99. The molecule has 0 aromatic carbocycles. The molecule has 17 heavy (non-hydrogen) atoms. The topological polar surface area (TPSA) is 42.2 Å². The predicted octanol–water partition coefficient (Wildman–Crippen LogP) is 2.71. The van der Waals surface area contributed by atoms with Crippen molar-refractivity contribution in [3.8, 4) is 0 Å². The number of nitrogens with one attached hydrogen (secondary N) is 1. The minimum absolute atomic E-state index is 0.100. The van der Waals surface area contributed by atoms with E-state index in [-0.39, 0.29) is 5.91 Å². The molecule has 0 radical (unpaired) electrons. The van der Waals surface area contributed by atoms with Gasteiger partial charge in [-0.3, -0.25) is 4.79 Å². The molecule has 0 saturated heterocycles. The summed E-state index contributed by atoms with van der Waals surface area (Å²) in [6, 6.07) is 5.65. The molecular formula is C13H13NO2S. The van der Waals surface area contributed by atoms with Crippen LogP contribution in [-0.2, 0) is 11.2 Å².